The van der Waals surface area contributed by atoms with Crippen LogP contribution in [0.1, 0.15) is 23.7 Å². The molecule has 0 saturated carbocycles. The van der Waals surface area contributed by atoms with E-state index in [2.05, 4.69) is 39.7 Å². The molecule has 3 aromatic rings. The summed E-state index contributed by atoms with van der Waals surface area (Å²) in [6, 6.07) is 16.1. The van der Waals surface area contributed by atoms with Crippen molar-refractivity contribution in [3.8, 4) is 11.5 Å². The third-order valence-electron chi connectivity index (χ3n) is 4.39. The van der Waals surface area contributed by atoms with Gasteiger partial charge in [0.25, 0.3) is 0 Å². The Morgan fingerprint density at radius 1 is 0.857 bits per heavy atom. The standard InChI is InChI=1S/C22H26N4O2/c1-5-16-6-9-18(10-7-16)25-22-24-15(2)12-21(26-22)23-14-17-8-11-19(27-3)20(13-17)28-4/h6-13H,5,14H2,1-4H3,(H2,23,24,25,26). The number of nitrogens with zero attached hydrogens (tertiary/aromatic N) is 2. The highest BCUT2D eigenvalue weighted by molar-refractivity contribution is 5.56. The summed E-state index contributed by atoms with van der Waals surface area (Å²) in [7, 11) is 3.26. The molecule has 0 radical (unpaired) electrons. The number of benzene rings is 2. The number of rotatable bonds is 8. The summed E-state index contributed by atoms with van der Waals surface area (Å²) < 4.78 is 10.6. The van der Waals surface area contributed by atoms with Crippen LogP contribution in [0, 0.1) is 6.92 Å². The van der Waals surface area contributed by atoms with Crippen molar-refractivity contribution in [2.24, 2.45) is 0 Å². The Bertz CT molecular complexity index is 926. The van der Waals surface area contributed by atoms with Gasteiger partial charge in [0.15, 0.2) is 11.5 Å². The zero-order chi connectivity index (χ0) is 19.9. The lowest BCUT2D eigenvalue weighted by atomic mass is 10.1. The average Bonchev–Trinajstić information content (AvgIpc) is 2.72. The van der Waals surface area contributed by atoms with Crippen molar-refractivity contribution in [1.29, 1.82) is 0 Å². The van der Waals surface area contributed by atoms with E-state index in [9.17, 15) is 0 Å². The summed E-state index contributed by atoms with van der Waals surface area (Å²) in [5, 5.41) is 6.62. The van der Waals surface area contributed by atoms with Crippen molar-refractivity contribution in [2.45, 2.75) is 26.8 Å². The minimum absolute atomic E-state index is 0.569. The second-order valence-corrected chi connectivity index (χ2v) is 6.44. The van der Waals surface area contributed by atoms with Crippen LogP contribution in [-0.2, 0) is 13.0 Å². The van der Waals surface area contributed by atoms with Crippen molar-refractivity contribution in [3.05, 3.63) is 65.4 Å². The molecule has 1 aromatic heterocycles. The molecule has 6 heteroatoms. The van der Waals surface area contributed by atoms with Crippen LogP contribution in [0.25, 0.3) is 0 Å². The Balaban J connectivity index is 1.70. The van der Waals surface area contributed by atoms with Gasteiger partial charge in [-0.15, -0.1) is 0 Å². The van der Waals surface area contributed by atoms with Gasteiger partial charge in [0.1, 0.15) is 5.82 Å². The normalized spacial score (nSPS) is 10.4. The fourth-order valence-corrected chi connectivity index (χ4v) is 2.85. The van der Waals surface area contributed by atoms with Gasteiger partial charge < -0.3 is 20.1 Å². The van der Waals surface area contributed by atoms with Crippen LogP contribution in [0.2, 0.25) is 0 Å². The molecule has 0 fully saturated rings. The average molecular weight is 378 g/mol. The molecule has 0 saturated heterocycles. The lowest BCUT2D eigenvalue weighted by Crippen LogP contribution is -2.06. The molecule has 28 heavy (non-hydrogen) atoms. The molecule has 0 aliphatic rings. The van der Waals surface area contributed by atoms with E-state index in [0.717, 1.165) is 29.2 Å². The number of anilines is 3. The summed E-state index contributed by atoms with van der Waals surface area (Å²) in [5.41, 5.74) is 4.22. The quantitative estimate of drug-likeness (QED) is 0.591. The zero-order valence-electron chi connectivity index (χ0n) is 16.7. The monoisotopic (exact) mass is 378 g/mol. The molecular formula is C22H26N4O2. The Hall–Kier alpha value is -3.28. The SMILES string of the molecule is CCc1ccc(Nc2nc(C)cc(NCc3ccc(OC)c(OC)c3)n2)cc1. The van der Waals surface area contributed by atoms with E-state index in [-0.39, 0.29) is 0 Å². The minimum Gasteiger partial charge on any atom is -0.493 e. The van der Waals surface area contributed by atoms with Gasteiger partial charge >= 0.3 is 0 Å². The predicted molar refractivity (Wildman–Crippen MR) is 113 cm³/mol. The first-order valence-corrected chi connectivity index (χ1v) is 9.27. The van der Waals surface area contributed by atoms with Gasteiger partial charge in [-0.2, -0.15) is 4.98 Å². The van der Waals surface area contributed by atoms with Crippen molar-refractivity contribution >= 4 is 17.5 Å². The van der Waals surface area contributed by atoms with Crippen LogP contribution < -0.4 is 20.1 Å². The number of aryl methyl sites for hydroxylation is 2. The fourth-order valence-electron chi connectivity index (χ4n) is 2.85. The van der Waals surface area contributed by atoms with E-state index in [0.29, 0.717) is 24.0 Å². The molecular weight excluding hydrogens is 352 g/mol. The minimum atomic E-state index is 0.569. The molecule has 3 rings (SSSR count). The van der Waals surface area contributed by atoms with E-state index in [1.54, 1.807) is 14.2 Å². The van der Waals surface area contributed by atoms with Crippen molar-refractivity contribution < 1.29 is 9.47 Å². The van der Waals surface area contributed by atoms with Crippen molar-refractivity contribution in [1.82, 2.24) is 9.97 Å². The molecule has 146 valence electrons. The van der Waals surface area contributed by atoms with Gasteiger partial charge in [-0.05, 0) is 48.7 Å². The maximum atomic E-state index is 5.36. The van der Waals surface area contributed by atoms with Crippen LogP contribution in [-0.4, -0.2) is 24.2 Å². The lowest BCUT2D eigenvalue weighted by Gasteiger charge is -2.12. The second-order valence-electron chi connectivity index (χ2n) is 6.44. The number of aromatic nitrogens is 2. The van der Waals surface area contributed by atoms with E-state index < -0.39 is 0 Å². The summed E-state index contributed by atoms with van der Waals surface area (Å²) in [6.07, 6.45) is 1.02. The highest BCUT2D eigenvalue weighted by Gasteiger charge is 2.06. The topological polar surface area (TPSA) is 68.3 Å². The summed E-state index contributed by atoms with van der Waals surface area (Å²) in [6.45, 7) is 4.71. The molecule has 0 spiro atoms. The number of hydrogen-bond donors (Lipinski definition) is 2. The zero-order valence-corrected chi connectivity index (χ0v) is 16.7. The molecule has 6 nitrogen and oxygen atoms in total. The number of ether oxygens (including phenoxy) is 2. The molecule has 0 aliphatic heterocycles. The third kappa shape index (κ3) is 4.91. The Morgan fingerprint density at radius 3 is 2.25 bits per heavy atom. The van der Waals surface area contributed by atoms with Gasteiger partial charge in [0.05, 0.1) is 14.2 Å². The van der Waals surface area contributed by atoms with Gasteiger partial charge in [0.2, 0.25) is 5.95 Å². The maximum absolute atomic E-state index is 5.36. The van der Waals surface area contributed by atoms with Gasteiger partial charge in [-0.1, -0.05) is 25.1 Å². The molecule has 2 N–H and O–H groups in total. The Labute approximate surface area is 166 Å². The van der Waals surface area contributed by atoms with Crippen molar-refractivity contribution in [3.63, 3.8) is 0 Å². The number of nitrogens with one attached hydrogen (secondary N) is 2. The molecule has 0 bridgehead atoms. The van der Waals surface area contributed by atoms with Crippen LogP contribution in [0.3, 0.4) is 0 Å². The lowest BCUT2D eigenvalue weighted by molar-refractivity contribution is 0.354. The first kappa shape index (κ1) is 19.5. The van der Waals surface area contributed by atoms with Gasteiger partial charge in [-0.25, -0.2) is 4.98 Å². The molecule has 0 aliphatic carbocycles. The third-order valence-corrected chi connectivity index (χ3v) is 4.39. The second kappa shape index (κ2) is 9.08. The summed E-state index contributed by atoms with van der Waals surface area (Å²) >= 11 is 0. The smallest absolute Gasteiger partial charge is 0.229 e. The summed E-state index contributed by atoms with van der Waals surface area (Å²) in [4.78, 5) is 9.05. The van der Waals surface area contributed by atoms with E-state index in [1.165, 1.54) is 5.56 Å². The largest absolute Gasteiger partial charge is 0.493 e. The van der Waals surface area contributed by atoms with Crippen LogP contribution >= 0.6 is 0 Å². The number of methoxy groups -OCH3 is 2. The van der Waals surface area contributed by atoms with Gasteiger partial charge in [-0.3, -0.25) is 0 Å². The van der Waals surface area contributed by atoms with Crippen LogP contribution in [0.4, 0.5) is 17.5 Å². The van der Waals surface area contributed by atoms with Crippen LogP contribution in [0.5, 0.6) is 11.5 Å². The highest BCUT2D eigenvalue weighted by Crippen LogP contribution is 2.28. The molecule has 0 amide bonds. The first-order valence-electron chi connectivity index (χ1n) is 9.27. The maximum Gasteiger partial charge on any atom is 0.229 e. The molecule has 1 heterocycles. The fraction of sp³-hybridized carbons (Fsp3) is 0.273. The van der Waals surface area contributed by atoms with E-state index in [4.69, 9.17) is 9.47 Å². The highest BCUT2D eigenvalue weighted by atomic mass is 16.5. The number of hydrogen-bond acceptors (Lipinski definition) is 6. The Morgan fingerprint density at radius 2 is 1.57 bits per heavy atom. The first-order chi connectivity index (χ1) is 13.6. The Kier molecular flexibility index (Phi) is 6.32. The summed E-state index contributed by atoms with van der Waals surface area (Å²) in [5.74, 6) is 2.75. The molecule has 0 atom stereocenters. The van der Waals surface area contributed by atoms with Crippen molar-refractivity contribution in [2.75, 3.05) is 24.9 Å². The van der Waals surface area contributed by atoms with Crippen LogP contribution in [0.15, 0.2) is 48.5 Å². The molecule has 0 unspecified atom stereocenters. The van der Waals surface area contributed by atoms with Gasteiger partial charge in [0, 0.05) is 24.0 Å². The van der Waals surface area contributed by atoms with E-state index in [1.807, 2.05) is 43.3 Å². The van der Waals surface area contributed by atoms with E-state index >= 15 is 0 Å². The predicted octanol–water partition coefficient (Wildman–Crippen LogP) is 4.72. The molecule has 2 aromatic carbocycles.